The van der Waals surface area contributed by atoms with Gasteiger partial charge in [-0.1, -0.05) is 42.5 Å². The van der Waals surface area contributed by atoms with Crippen LogP contribution in [0.5, 0.6) is 0 Å². The normalized spacial score (nSPS) is 17.6. The summed E-state index contributed by atoms with van der Waals surface area (Å²) in [6, 6.07) is 15.3. The Labute approximate surface area is 121 Å². The van der Waals surface area contributed by atoms with Crippen molar-refractivity contribution < 1.29 is 4.74 Å². The van der Waals surface area contributed by atoms with Crippen LogP contribution in [0.3, 0.4) is 0 Å². The Morgan fingerprint density at radius 3 is 2.60 bits per heavy atom. The lowest BCUT2D eigenvalue weighted by Crippen LogP contribution is -2.34. The smallest absolute Gasteiger partial charge is 0.0491 e. The third kappa shape index (κ3) is 3.02. The molecule has 20 heavy (non-hydrogen) atoms. The monoisotopic (exact) mass is 269 g/mol. The van der Waals surface area contributed by atoms with Crippen LogP contribution in [-0.2, 0) is 11.3 Å². The van der Waals surface area contributed by atoms with E-state index in [1.807, 2.05) is 7.11 Å². The van der Waals surface area contributed by atoms with Crippen molar-refractivity contribution >= 4 is 10.8 Å². The number of benzene rings is 2. The molecule has 2 aromatic rings. The van der Waals surface area contributed by atoms with Crippen LogP contribution < -0.4 is 0 Å². The molecule has 0 aliphatic carbocycles. The van der Waals surface area contributed by atoms with Crippen LogP contribution in [0.25, 0.3) is 10.8 Å². The van der Waals surface area contributed by atoms with Crippen LogP contribution in [0, 0.1) is 5.92 Å². The number of likely N-dealkylation sites (tertiary alicyclic amines) is 1. The summed E-state index contributed by atoms with van der Waals surface area (Å²) in [5, 5.41) is 2.74. The molecule has 1 saturated heterocycles. The SMILES string of the molecule is COCC1CCN(Cc2cccc3ccccc23)CC1. The van der Waals surface area contributed by atoms with Gasteiger partial charge in [0.15, 0.2) is 0 Å². The van der Waals surface area contributed by atoms with Crippen LogP contribution in [-0.4, -0.2) is 31.7 Å². The standard InChI is InChI=1S/C18H23NO/c1-20-14-15-9-11-19(12-10-15)13-17-7-4-6-16-5-2-3-8-18(16)17/h2-8,15H,9-14H2,1H3. The van der Waals surface area contributed by atoms with Gasteiger partial charge in [0.2, 0.25) is 0 Å². The lowest BCUT2D eigenvalue weighted by Gasteiger charge is -2.31. The lowest BCUT2D eigenvalue weighted by atomic mass is 9.97. The zero-order valence-corrected chi connectivity index (χ0v) is 12.2. The molecule has 0 unspecified atom stereocenters. The van der Waals surface area contributed by atoms with E-state index >= 15 is 0 Å². The molecule has 2 heteroatoms. The summed E-state index contributed by atoms with van der Waals surface area (Å²) >= 11 is 0. The van der Waals surface area contributed by atoms with Gasteiger partial charge in [0.25, 0.3) is 0 Å². The number of nitrogens with zero attached hydrogens (tertiary/aromatic N) is 1. The molecule has 1 heterocycles. The Bertz CT molecular complexity index is 553. The lowest BCUT2D eigenvalue weighted by molar-refractivity contribution is 0.0970. The van der Waals surface area contributed by atoms with E-state index in [4.69, 9.17) is 4.74 Å². The predicted molar refractivity (Wildman–Crippen MR) is 83.8 cm³/mol. The molecule has 0 aromatic heterocycles. The highest BCUT2D eigenvalue weighted by Crippen LogP contribution is 2.23. The van der Waals surface area contributed by atoms with Crippen molar-refractivity contribution in [1.82, 2.24) is 4.90 Å². The first kappa shape index (κ1) is 13.6. The fourth-order valence-corrected chi connectivity index (χ4v) is 3.22. The molecule has 2 nitrogen and oxygen atoms in total. The largest absolute Gasteiger partial charge is 0.384 e. The quantitative estimate of drug-likeness (QED) is 0.839. The zero-order valence-electron chi connectivity index (χ0n) is 12.2. The van der Waals surface area contributed by atoms with Gasteiger partial charge in [0.05, 0.1) is 0 Å². The highest BCUT2D eigenvalue weighted by atomic mass is 16.5. The van der Waals surface area contributed by atoms with Crippen molar-refractivity contribution in [1.29, 1.82) is 0 Å². The average molecular weight is 269 g/mol. The maximum atomic E-state index is 5.27. The highest BCUT2D eigenvalue weighted by Gasteiger charge is 2.19. The van der Waals surface area contributed by atoms with Crippen LogP contribution >= 0.6 is 0 Å². The Balaban J connectivity index is 1.68. The molecular formula is C18H23NO. The van der Waals surface area contributed by atoms with Gasteiger partial charge in [-0.25, -0.2) is 0 Å². The topological polar surface area (TPSA) is 12.5 Å². The van der Waals surface area contributed by atoms with Gasteiger partial charge in [-0.2, -0.15) is 0 Å². The van der Waals surface area contributed by atoms with Gasteiger partial charge in [0.1, 0.15) is 0 Å². The molecule has 0 bridgehead atoms. The van der Waals surface area contributed by atoms with E-state index in [0.717, 1.165) is 19.1 Å². The van der Waals surface area contributed by atoms with Crippen molar-refractivity contribution in [3.8, 4) is 0 Å². The van der Waals surface area contributed by atoms with Crippen LogP contribution in [0.15, 0.2) is 42.5 Å². The molecule has 0 atom stereocenters. The molecule has 1 aliphatic rings. The van der Waals surface area contributed by atoms with Gasteiger partial charge in [0, 0.05) is 20.3 Å². The van der Waals surface area contributed by atoms with Crippen LogP contribution in [0.1, 0.15) is 18.4 Å². The summed E-state index contributed by atoms with van der Waals surface area (Å²) in [6.45, 7) is 4.37. The molecule has 2 aromatic carbocycles. The summed E-state index contributed by atoms with van der Waals surface area (Å²) in [4.78, 5) is 2.58. The van der Waals surface area contributed by atoms with E-state index in [9.17, 15) is 0 Å². The van der Waals surface area contributed by atoms with E-state index in [1.54, 1.807) is 0 Å². The molecular weight excluding hydrogens is 246 g/mol. The van der Waals surface area contributed by atoms with Gasteiger partial charge < -0.3 is 4.74 Å². The number of fused-ring (bicyclic) bond motifs is 1. The van der Waals surface area contributed by atoms with E-state index in [0.29, 0.717) is 0 Å². The molecule has 0 saturated carbocycles. The maximum Gasteiger partial charge on any atom is 0.0491 e. The van der Waals surface area contributed by atoms with Crippen molar-refractivity contribution in [3.05, 3.63) is 48.0 Å². The summed E-state index contributed by atoms with van der Waals surface area (Å²) in [6.07, 6.45) is 2.53. The maximum absolute atomic E-state index is 5.27. The summed E-state index contributed by atoms with van der Waals surface area (Å²) in [7, 11) is 1.81. The average Bonchev–Trinajstić information content (AvgIpc) is 2.50. The number of hydrogen-bond acceptors (Lipinski definition) is 2. The predicted octanol–water partition coefficient (Wildman–Crippen LogP) is 3.70. The van der Waals surface area contributed by atoms with E-state index in [-0.39, 0.29) is 0 Å². The fraction of sp³-hybridized carbons (Fsp3) is 0.444. The second-order valence-corrected chi connectivity index (χ2v) is 5.81. The minimum atomic E-state index is 0.753. The first-order valence-electron chi connectivity index (χ1n) is 7.55. The van der Waals surface area contributed by atoms with Crippen molar-refractivity contribution in [2.75, 3.05) is 26.8 Å². The molecule has 0 amide bonds. The third-order valence-corrected chi connectivity index (χ3v) is 4.38. The van der Waals surface area contributed by atoms with Gasteiger partial charge >= 0.3 is 0 Å². The molecule has 106 valence electrons. The second-order valence-electron chi connectivity index (χ2n) is 5.81. The van der Waals surface area contributed by atoms with Gasteiger partial charge in [-0.3, -0.25) is 4.90 Å². The highest BCUT2D eigenvalue weighted by molar-refractivity contribution is 5.85. The Morgan fingerprint density at radius 1 is 1.05 bits per heavy atom. The summed E-state index contributed by atoms with van der Waals surface area (Å²) in [5.41, 5.74) is 1.45. The minimum absolute atomic E-state index is 0.753. The number of rotatable bonds is 4. The summed E-state index contributed by atoms with van der Waals surface area (Å²) in [5.74, 6) is 0.753. The van der Waals surface area contributed by atoms with Crippen LogP contribution in [0.2, 0.25) is 0 Å². The van der Waals surface area contributed by atoms with E-state index in [2.05, 4.69) is 47.4 Å². The summed E-state index contributed by atoms with van der Waals surface area (Å²) < 4.78 is 5.27. The Morgan fingerprint density at radius 2 is 1.80 bits per heavy atom. The second kappa shape index (κ2) is 6.38. The number of methoxy groups -OCH3 is 1. The molecule has 1 aliphatic heterocycles. The van der Waals surface area contributed by atoms with Crippen molar-refractivity contribution in [2.24, 2.45) is 5.92 Å². The molecule has 0 spiro atoms. The Kier molecular flexibility index (Phi) is 4.34. The molecule has 3 rings (SSSR count). The number of ether oxygens (including phenoxy) is 1. The Hall–Kier alpha value is -1.38. The van der Waals surface area contributed by atoms with Crippen LogP contribution in [0.4, 0.5) is 0 Å². The first-order valence-corrected chi connectivity index (χ1v) is 7.55. The van der Waals surface area contributed by atoms with Gasteiger partial charge in [-0.15, -0.1) is 0 Å². The van der Waals surface area contributed by atoms with E-state index < -0.39 is 0 Å². The van der Waals surface area contributed by atoms with Gasteiger partial charge in [-0.05, 0) is 48.2 Å². The number of hydrogen-bond donors (Lipinski definition) is 0. The molecule has 1 fully saturated rings. The van der Waals surface area contributed by atoms with E-state index in [1.165, 1.54) is 42.3 Å². The molecule has 0 radical (unpaired) electrons. The molecule has 0 N–H and O–H groups in total. The zero-order chi connectivity index (χ0) is 13.8. The van der Waals surface area contributed by atoms with Crippen molar-refractivity contribution in [3.63, 3.8) is 0 Å². The fourth-order valence-electron chi connectivity index (χ4n) is 3.22. The first-order chi connectivity index (χ1) is 9.86. The minimum Gasteiger partial charge on any atom is -0.384 e. The third-order valence-electron chi connectivity index (χ3n) is 4.38. The van der Waals surface area contributed by atoms with Crippen molar-refractivity contribution in [2.45, 2.75) is 19.4 Å². The number of piperidine rings is 1.